The predicted molar refractivity (Wildman–Crippen MR) is 120 cm³/mol. The van der Waals surface area contributed by atoms with Crippen LogP contribution in [0.25, 0.3) is 0 Å². The van der Waals surface area contributed by atoms with Gasteiger partial charge in [0.1, 0.15) is 5.75 Å². The third-order valence-corrected chi connectivity index (χ3v) is 5.41. The van der Waals surface area contributed by atoms with E-state index in [1.165, 1.54) is 96.3 Å². The van der Waals surface area contributed by atoms with Crippen molar-refractivity contribution in [1.82, 2.24) is 0 Å². The molecule has 2 N–H and O–H groups in total. The Morgan fingerprint density at radius 3 is 1.46 bits per heavy atom. The van der Waals surface area contributed by atoms with Crippen LogP contribution >= 0.6 is 0 Å². The minimum Gasteiger partial charge on any atom is -0.494 e. The maximum Gasteiger partial charge on any atom is 0.248 e. The summed E-state index contributed by atoms with van der Waals surface area (Å²) in [5.74, 6) is 0.412. The average molecular weight is 390 g/mol. The van der Waals surface area contributed by atoms with E-state index in [9.17, 15) is 4.79 Å². The van der Waals surface area contributed by atoms with Gasteiger partial charge in [-0.25, -0.2) is 0 Å². The van der Waals surface area contributed by atoms with Crippen molar-refractivity contribution in [3.05, 3.63) is 29.8 Å². The molecule has 0 bridgehead atoms. The highest BCUT2D eigenvalue weighted by atomic mass is 16.5. The largest absolute Gasteiger partial charge is 0.494 e. The summed E-state index contributed by atoms with van der Waals surface area (Å²) in [6.45, 7) is 3.03. The second kappa shape index (κ2) is 17.6. The first-order valence-electron chi connectivity index (χ1n) is 11.8. The summed E-state index contributed by atoms with van der Waals surface area (Å²) < 4.78 is 5.71. The molecule has 0 fully saturated rings. The van der Waals surface area contributed by atoms with Gasteiger partial charge in [0.2, 0.25) is 5.91 Å². The Kier molecular flexibility index (Phi) is 15.4. The number of carbonyl (C=O) groups excluding carboxylic acids is 1. The maximum atomic E-state index is 11.0. The molecule has 0 saturated heterocycles. The van der Waals surface area contributed by atoms with Crippen LogP contribution in [-0.4, -0.2) is 12.5 Å². The minimum atomic E-state index is -0.399. The Bertz CT molecular complexity index is 484. The van der Waals surface area contributed by atoms with Crippen LogP contribution in [0.4, 0.5) is 0 Å². The lowest BCUT2D eigenvalue weighted by Gasteiger charge is -2.06. The van der Waals surface area contributed by atoms with Gasteiger partial charge in [-0.05, 0) is 30.7 Å². The molecule has 1 rings (SSSR count). The summed E-state index contributed by atoms with van der Waals surface area (Å²) in [5.41, 5.74) is 5.75. The molecule has 0 atom stereocenters. The summed E-state index contributed by atoms with van der Waals surface area (Å²) in [6, 6.07) is 7.05. The quantitative estimate of drug-likeness (QED) is 0.250. The van der Waals surface area contributed by atoms with Gasteiger partial charge in [0.25, 0.3) is 0 Å². The minimum absolute atomic E-state index is 0.399. The van der Waals surface area contributed by atoms with E-state index in [4.69, 9.17) is 10.5 Å². The molecule has 1 aromatic carbocycles. The molecule has 0 radical (unpaired) electrons. The first-order chi connectivity index (χ1) is 13.7. The Balaban J connectivity index is 1.79. The summed E-state index contributed by atoms with van der Waals surface area (Å²) >= 11 is 0. The standard InChI is InChI=1S/C25H43NO2/c1-2-3-4-5-6-7-8-9-10-11-12-13-14-15-16-17-22-28-24-20-18-23(19-21-24)25(26)27/h18-21H,2-17,22H2,1H3,(H2,26,27). The Morgan fingerprint density at radius 1 is 0.679 bits per heavy atom. The van der Waals surface area contributed by atoms with Gasteiger partial charge < -0.3 is 10.5 Å². The van der Waals surface area contributed by atoms with Crippen molar-refractivity contribution in [3.63, 3.8) is 0 Å². The lowest BCUT2D eigenvalue weighted by molar-refractivity contribution is 0.100. The molecule has 0 heterocycles. The molecule has 1 amide bonds. The van der Waals surface area contributed by atoms with Crippen LogP contribution in [0.3, 0.4) is 0 Å². The van der Waals surface area contributed by atoms with E-state index in [1.54, 1.807) is 12.1 Å². The van der Waals surface area contributed by atoms with Crippen LogP contribution in [0.15, 0.2) is 24.3 Å². The fraction of sp³-hybridized carbons (Fsp3) is 0.720. The molecule has 1 aromatic rings. The van der Waals surface area contributed by atoms with Crippen LogP contribution in [-0.2, 0) is 0 Å². The molecule has 0 aliphatic heterocycles. The smallest absolute Gasteiger partial charge is 0.248 e. The van der Waals surface area contributed by atoms with Gasteiger partial charge in [-0.1, -0.05) is 103 Å². The van der Waals surface area contributed by atoms with E-state index in [0.717, 1.165) is 18.8 Å². The fourth-order valence-corrected chi connectivity index (χ4v) is 3.56. The zero-order valence-corrected chi connectivity index (χ0v) is 18.2. The maximum absolute atomic E-state index is 11.0. The van der Waals surface area contributed by atoms with Gasteiger partial charge in [0.05, 0.1) is 6.61 Å². The molecule has 160 valence electrons. The number of unbranched alkanes of at least 4 members (excludes halogenated alkanes) is 15. The van der Waals surface area contributed by atoms with Crippen LogP contribution in [0, 0.1) is 0 Å². The highest BCUT2D eigenvalue weighted by molar-refractivity contribution is 5.92. The second-order valence-corrected chi connectivity index (χ2v) is 8.04. The van der Waals surface area contributed by atoms with Crippen LogP contribution in [0.5, 0.6) is 5.75 Å². The van der Waals surface area contributed by atoms with Crippen molar-refractivity contribution >= 4 is 5.91 Å². The molecule has 0 saturated carbocycles. The molecule has 28 heavy (non-hydrogen) atoms. The van der Waals surface area contributed by atoms with Gasteiger partial charge in [-0.15, -0.1) is 0 Å². The molecule has 3 heteroatoms. The third-order valence-electron chi connectivity index (χ3n) is 5.41. The van der Waals surface area contributed by atoms with Gasteiger partial charge in [0.15, 0.2) is 0 Å². The van der Waals surface area contributed by atoms with Crippen LogP contribution in [0.1, 0.15) is 120 Å². The molecule has 0 aliphatic rings. The molecular weight excluding hydrogens is 346 g/mol. The Labute approximate surface area is 173 Å². The summed E-state index contributed by atoms with van der Waals surface area (Å²) in [6.07, 6.45) is 22.0. The monoisotopic (exact) mass is 389 g/mol. The van der Waals surface area contributed by atoms with Crippen molar-refractivity contribution in [2.24, 2.45) is 5.73 Å². The third kappa shape index (κ3) is 13.6. The lowest BCUT2D eigenvalue weighted by Crippen LogP contribution is -2.10. The summed E-state index contributed by atoms with van der Waals surface area (Å²) in [5, 5.41) is 0. The first-order valence-corrected chi connectivity index (χ1v) is 11.8. The normalized spacial score (nSPS) is 10.9. The molecule has 0 aliphatic carbocycles. The molecular formula is C25H43NO2. The zero-order chi connectivity index (χ0) is 20.3. The van der Waals surface area contributed by atoms with Gasteiger partial charge >= 0.3 is 0 Å². The average Bonchev–Trinajstić information content (AvgIpc) is 2.70. The van der Waals surface area contributed by atoms with Crippen molar-refractivity contribution in [2.45, 2.75) is 110 Å². The van der Waals surface area contributed by atoms with Crippen LogP contribution in [0.2, 0.25) is 0 Å². The van der Waals surface area contributed by atoms with Crippen molar-refractivity contribution in [2.75, 3.05) is 6.61 Å². The number of carbonyl (C=O) groups is 1. The van der Waals surface area contributed by atoms with E-state index in [-0.39, 0.29) is 0 Å². The van der Waals surface area contributed by atoms with E-state index in [1.807, 2.05) is 12.1 Å². The number of hydrogen-bond acceptors (Lipinski definition) is 2. The zero-order valence-electron chi connectivity index (χ0n) is 18.2. The number of ether oxygens (including phenoxy) is 1. The van der Waals surface area contributed by atoms with Crippen molar-refractivity contribution < 1.29 is 9.53 Å². The number of nitrogens with two attached hydrogens (primary N) is 1. The number of rotatable bonds is 19. The SMILES string of the molecule is CCCCCCCCCCCCCCCCCCOc1ccc(C(N)=O)cc1. The van der Waals surface area contributed by atoms with Crippen molar-refractivity contribution in [1.29, 1.82) is 0 Å². The van der Waals surface area contributed by atoms with E-state index >= 15 is 0 Å². The van der Waals surface area contributed by atoms with Gasteiger partial charge in [0, 0.05) is 5.56 Å². The van der Waals surface area contributed by atoms with Crippen molar-refractivity contribution in [3.8, 4) is 5.75 Å². The van der Waals surface area contributed by atoms with E-state index in [2.05, 4.69) is 6.92 Å². The number of benzene rings is 1. The number of hydrogen-bond donors (Lipinski definition) is 1. The predicted octanol–water partition coefficient (Wildman–Crippen LogP) is 7.43. The number of amides is 1. The molecule has 3 nitrogen and oxygen atoms in total. The second-order valence-electron chi connectivity index (χ2n) is 8.04. The van der Waals surface area contributed by atoms with E-state index < -0.39 is 5.91 Å². The van der Waals surface area contributed by atoms with Gasteiger partial charge in [-0.3, -0.25) is 4.79 Å². The van der Waals surface area contributed by atoms with Crippen LogP contribution < -0.4 is 10.5 Å². The lowest BCUT2D eigenvalue weighted by atomic mass is 10.0. The van der Waals surface area contributed by atoms with Gasteiger partial charge in [-0.2, -0.15) is 0 Å². The summed E-state index contributed by atoms with van der Waals surface area (Å²) in [7, 11) is 0. The molecule has 0 spiro atoms. The Hall–Kier alpha value is -1.51. The molecule has 0 unspecified atom stereocenters. The fourth-order valence-electron chi connectivity index (χ4n) is 3.56. The van der Waals surface area contributed by atoms with E-state index in [0.29, 0.717) is 5.56 Å². The number of primary amides is 1. The topological polar surface area (TPSA) is 52.3 Å². The highest BCUT2D eigenvalue weighted by Crippen LogP contribution is 2.15. The highest BCUT2D eigenvalue weighted by Gasteiger charge is 2.00. The summed E-state index contributed by atoms with van der Waals surface area (Å²) in [4.78, 5) is 11.0. The Morgan fingerprint density at radius 2 is 1.07 bits per heavy atom. The first kappa shape index (κ1) is 24.5. The molecule has 0 aromatic heterocycles.